The Labute approximate surface area is 285 Å². The van der Waals surface area contributed by atoms with Gasteiger partial charge in [0.1, 0.15) is 11.5 Å². The van der Waals surface area contributed by atoms with Crippen LogP contribution in [0.1, 0.15) is 45.5 Å². The molecule has 0 aromatic heterocycles. The third-order valence-corrected chi connectivity index (χ3v) is 10.2. The summed E-state index contributed by atoms with van der Waals surface area (Å²) in [5.74, 6) is 4.71. The molecule has 2 aliphatic heterocycles. The first kappa shape index (κ1) is 33.5. The molecule has 48 heavy (non-hydrogen) atoms. The molecule has 0 bridgehead atoms. The molecule has 0 saturated carbocycles. The molecule has 254 valence electrons. The fourth-order valence-electron chi connectivity index (χ4n) is 7.47. The Kier molecular flexibility index (Phi) is 10.0. The highest BCUT2D eigenvalue weighted by Crippen LogP contribution is 2.43. The first-order valence-corrected chi connectivity index (χ1v) is 16.6. The maximum absolute atomic E-state index is 5.95. The van der Waals surface area contributed by atoms with Gasteiger partial charge in [-0.3, -0.25) is 9.80 Å². The number of rotatable bonds is 11. The Hall–Kier alpha value is -4.40. The molecule has 0 spiro atoms. The lowest BCUT2D eigenvalue weighted by Gasteiger charge is -2.35. The molecule has 4 aromatic carbocycles. The van der Waals surface area contributed by atoms with E-state index in [-0.39, 0.29) is 12.1 Å². The molecule has 0 saturated heterocycles. The number of ether oxygens (including phenoxy) is 6. The van der Waals surface area contributed by atoms with Gasteiger partial charge in [0.2, 0.25) is 0 Å². The first-order chi connectivity index (χ1) is 23.3. The Morgan fingerprint density at radius 1 is 0.479 bits per heavy atom. The van der Waals surface area contributed by atoms with Gasteiger partial charge in [0.05, 0.1) is 42.7 Å². The maximum Gasteiger partial charge on any atom is 0.161 e. The van der Waals surface area contributed by atoms with E-state index in [2.05, 4.69) is 84.6 Å². The zero-order valence-corrected chi connectivity index (χ0v) is 29.5. The highest BCUT2D eigenvalue weighted by Gasteiger charge is 2.29. The van der Waals surface area contributed by atoms with Crippen molar-refractivity contribution in [2.24, 2.45) is 0 Å². The molecule has 4 aromatic rings. The van der Waals surface area contributed by atoms with Crippen LogP contribution >= 0.6 is 0 Å². The standard InChI is InChI=1S/C40H48N2O6/c1-41-15-13-27-21-37(45-5)39(47-7)23-29(27)33(41)19-25-9-11-35(43-3)31(17-25)32-18-26(10-12-36(32)44-4)20-34-30-24-40(48-8)38(46-6)22-28(30)14-16-42(34)2/h9-12,17-18,21-24,33-34H,13-16,19-20H2,1-8H3/t33-,34+. The SMILES string of the molecule is COc1cc2c(cc1OC)[C@@H](Cc1ccc(OC)c(-c3cc(C[C@H]4c5cc(OC)c(OC)cc5CCN4C)ccc3OC)c1)N(C)CC2. The van der Waals surface area contributed by atoms with Crippen LogP contribution in [-0.4, -0.2) is 79.6 Å². The van der Waals surface area contributed by atoms with Gasteiger partial charge in [0.15, 0.2) is 23.0 Å². The van der Waals surface area contributed by atoms with Crippen molar-refractivity contribution in [3.8, 4) is 45.6 Å². The molecular formula is C40H48N2O6. The number of likely N-dealkylation sites (N-methyl/N-ethyl adjacent to an activating group) is 2. The van der Waals surface area contributed by atoms with E-state index < -0.39 is 0 Å². The summed E-state index contributed by atoms with van der Waals surface area (Å²) >= 11 is 0. The highest BCUT2D eigenvalue weighted by molar-refractivity contribution is 5.77. The highest BCUT2D eigenvalue weighted by atomic mass is 16.5. The number of hydrogen-bond acceptors (Lipinski definition) is 8. The van der Waals surface area contributed by atoms with Gasteiger partial charge in [-0.1, -0.05) is 12.1 Å². The van der Waals surface area contributed by atoms with Gasteiger partial charge in [-0.25, -0.2) is 0 Å². The van der Waals surface area contributed by atoms with Gasteiger partial charge in [-0.2, -0.15) is 0 Å². The second-order valence-corrected chi connectivity index (χ2v) is 12.8. The van der Waals surface area contributed by atoms with Gasteiger partial charge >= 0.3 is 0 Å². The first-order valence-electron chi connectivity index (χ1n) is 16.6. The van der Waals surface area contributed by atoms with Crippen molar-refractivity contribution in [1.82, 2.24) is 9.80 Å². The van der Waals surface area contributed by atoms with Crippen molar-refractivity contribution in [3.05, 3.63) is 94.0 Å². The minimum absolute atomic E-state index is 0.195. The second kappa shape index (κ2) is 14.4. The van der Waals surface area contributed by atoms with Crippen molar-refractivity contribution < 1.29 is 28.4 Å². The zero-order valence-electron chi connectivity index (χ0n) is 29.5. The molecule has 0 unspecified atom stereocenters. The van der Waals surface area contributed by atoms with Gasteiger partial charge in [-0.15, -0.1) is 0 Å². The van der Waals surface area contributed by atoms with E-state index in [0.29, 0.717) is 0 Å². The molecule has 0 radical (unpaired) electrons. The van der Waals surface area contributed by atoms with E-state index >= 15 is 0 Å². The summed E-state index contributed by atoms with van der Waals surface area (Å²) in [7, 11) is 14.6. The van der Waals surface area contributed by atoms with Crippen molar-refractivity contribution in [1.29, 1.82) is 0 Å². The molecule has 8 heteroatoms. The molecule has 8 nitrogen and oxygen atoms in total. The lowest BCUT2D eigenvalue weighted by atomic mass is 9.87. The molecule has 2 aliphatic rings. The number of benzene rings is 4. The normalized spacial score (nSPS) is 17.7. The van der Waals surface area contributed by atoms with Crippen LogP contribution in [0.25, 0.3) is 11.1 Å². The summed E-state index contributed by atoms with van der Waals surface area (Å²) in [4.78, 5) is 4.87. The molecule has 0 aliphatic carbocycles. The quantitative estimate of drug-likeness (QED) is 0.173. The average Bonchev–Trinajstić information content (AvgIpc) is 3.12. The summed E-state index contributed by atoms with van der Waals surface area (Å²) in [5, 5.41) is 0. The van der Waals surface area contributed by atoms with E-state index in [1.54, 1.807) is 42.7 Å². The average molecular weight is 653 g/mol. The Morgan fingerprint density at radius 3 is 1.19 bits per heavy atom. The molecule has 0 fully saturated rings. The fraction of sp³-hybridized carbons (Fsp3) is 0.400. The van der Waals surface area contributed by atoms with Crippen LogP contribution in [0.3, 0.4) is 0 Å². The Morgan fingerprint density at radius 2 is 0.833 bits per heavy atom. The van der Waals surface area contributed by atoms with Crippen LogP contribution in [0.5, 0.6) is 34.5 Å². The van der Waals surface area contributed by atoms with E-state index in [4.69, 9.17) is 28.4 Å². The van der Waals surface area contributed by atoms with Crippen LogP contribution in [-0.2, 0) is 25.7 Å². The Bertz CT molecular complexity index is 1640. The number of hydrogen-bond donors (Lipinski definition) is 0. The van der Waals surface area contributed by atoms with Crippen LogP contribution in [0.2, 0.25) is 0 Å². The summed E-state index contributed by atoms with van der Waals surface area (Å²) in [6.07, 6.45) is 3.63. The van der Waals surface area contributed by atoms with Gasteiger partial charge < -0.3 is 28.4 Å². The van der Waals surface area contributed by atoms with Crippen molar-refractivity contribution in [2.45, 2.75) is 37.8 Å². The predicted molar refractivity (Wildman–Crippen MR) is 190 cm³/mol. The van der Waals surface area contributed by atoms with E-state index in [0.717, 1.165) is 84.4 Å². The van der Waals surface area contributed by atoms with E-state index in [9.17, 15) is 0 Å². The molecular weight excluding hydrogens is 604 g/mol. The van der Waals surface area contributed by atoms with Gasteiger partial charge in [-0.05, 0) is 122 Å². The van der Waals surface area contributed by atoms with Crippen LogP contribution < -0.4 is 28.4 Å². The third-order valence-electron chi connectivity index (χ3n) is 10.2. The fourth-order valence-corrected chi connectivity index (χ4v) is 7.47. The summed E-state index contributed by atoms with van der Waals surface area (Å²) in [6, 6.07) is 22.0. The third kappa shape index (κ3) is 6.39. The van der Waals surface area contributed by atoms with E-state index in [1.165, 1.54) is 33.4 Å². The van der Waals surface area contributed by atoms with Crippen molar-refractivity contribution >= 4 is 0 Å². The van der Waals surface area contributed by atoms with Crippen molar-refractivity contribution in [2.75, 3.05) is 69.8 Å². The molecule has 0 amide bonds. The minimum atomic E-state index is 0.195. The minimum Gasteiger partial charge on any atom is -0.496 e. The molecule has 2 atom stereocenters. The smallest absolute Gasteiger partial charge is 0.161 e. The predicted octanol–water partition coefficient (Wildman–Crippen LogP) is 6.95. The zero-order chi connectivity index (χ0) is 33.9. The topological polar surface area (TPSA) is 61.9 Å². The molecule has 2 heterocycles. The van der Waals surface area contributed by atoms with Gasteiger partial charge in [0, 0.05) is 36.3 Å². The number of methoxy groups -OCH3 is 6. The van der Waals surface area contributed by atoms with Crippen LogP contribution in [0.15, 0.2) is 60.7 Å². The van der Waals surface area contributed by atoms with Crippen molar-refractivity contribution in [3.63, 3.8) is 0 Å². The van der Waals surface area contributed by atoms with Crippen LogP contribution in [0.4, 0.5) is 0 Å². The molecule has 0 N–H and O–H groups in total. The lowest BCUT2D eigenvalue weighted by Crippen LogP contribution is -2.33. The monoisotopic (exact) mass is 652 g/mol. The largest absolute Gasteiger partial charge is 0.496 e. The van der Waals surface area contributed by atoms with Gasteiger partial charge in [0.25, 0.3) is 0 Å². The molecule has 6 rings (SSSR count). The Balaban J connectivity index is 1.35. The second-order valence-electron chi connectivity index (χ2n) is 12.8. The summed E-state index contributed by atoms with van der Waals surface area (Å²) < 4.78 is 34.5. The van der Waals surface area contributed by atoms with E-state index in [1.807, 2.05) is 0 Å². The summed E-state index contributed by atoms with van der Waals surface area (Å²) in [6.45, 7) is 1.95. The lowest BCUT2D eigenvalue weighted by molar-refractivity contribution is 0.228. The van der Waals surface area contributed by atoms with Crippen LogP contribution in [0, 0.1) is 0 Å². The number of fused-ring (bicyclic) bond motifs is 2. The maximum atomic E-state index is 5.95. The number of nitrogens with zero attached hydrogens (tertiary/aromatic N) is 2. The summed E-state index contributed by atoms with van der Waals surface area (Å²) in [5.41, 5.74) is 9.66.